The fourth-order valence-electron chi connectivity index (χ4n) is 1.93. The van der Waals surface area contributed by atoms with Gasteiger partial charge in [0.25, 0.3) is 5.91 Å². The molecule has 140 valence electrons. The molecule has 0 saturated carbocycles. The predicted octanol–water partition coefficient (Wildman–Crippen LogP) is 5.45. The first-order chi connectivity index (χ1) is 11.9. The fraction of sp³-hybridized carbons (Fsp3) is 0.0714. The Morgan fingerprint density at radius 1 is 0.846 bits per heavy atom. The average molecular weight is 408 g/mol. The van der Waals surface area contributed by atoms with Crippen LogP contribution in [0.15, 0.2) is 12.1 Å². The largest absolute Gasteiger partial charge is 0.422 e. The minimum Gasteiger partial charge on any atom is -0.317 e. The van der Waals surface area contributed by atoms with E-state index in [4.69, 9.17) is 11.6 Å². The molecular formula is C14H3ClF9NO. The zero-order valence-corrected chi connectivity index (χ0v) is 12.6. The molecule has 0 fully saturated rings. The lowest BCUT2D eigenvalue weighted by molar-refractivity contribution is -0.143. The molecular weight excluding hydrogens is 405 g/mol. The van der Waals surface area contributed by atoms with Crippen LogP contribution in [0.1, 0.15) is 15.9 Å². The van der Waals surface area contributed by atoms with Gasteiger partial charge in [-0.1, -0.05) is 11.6 Å². The number of halogens is 10. The second-order valence-electron chi connectivity index (χ2n) is 4.70. The van der Waals surface area contributed by atoms with Crippen LogP contribution < -0.4 is 5.32 Å². The van der Waals surface area contributed by atoms with Gasteiger partial charge in [-0.3, -0.25) is 4.79 Å². The van der Waals surface area contributed by atoms with Crippen molar-refractivity contribution in [3.63, 3.8) is 0 Å². The van der Waals surface area contributed by atoms with Crippen LogP contribution in [0.3, 0.4) is 0 Å². The Hall–Kier alpha value is -2.43. The maximum absolute atomic E-state index is 13.7. The van der Waals surface area contributed by atoms with Crippen LogP contribution in [0.4, 0.5) is 45.2 Å². The normalized spacial score (nSPS) is 11.6. The lowest BCUT2D eigenvalue weighted by atomic mass is 10.1. The summed E-state index contributed by atoms with van der Waals surface area (Å²) in [6, 6.07) is 0.889. The maximum atomic E-state index is 13.7. The van der Waals surface area contributed by atoms with E-state index in [1.54, 1.807) is 0 Å². The molecule has 1 amide bonds. The number of alkyl halides is 3. The van der Waals surface area contributed by atoms with E-state index in [1.165, 1.54) is 0 Å². The molecule has 0 atom stereocenters. The summed E-state index contributed by atoms with van der Waals surface area (Å²) >= 11 is 5.30. The Kier molecular flexibility index (Phi) is 5.13. The number of hydrogen-bond acceptors (Lipinski definition) is 1. The summed E-state index contributed by atoms with van der Waals surface area (Å²) in [6.45, 7) is 0. The highest BCUT2D eigenvalue weighted by Crippen LogP contribution is 2.38. The van der Waals surface area contributed by atoms with Crippen LogP contribution in [-0.2, 0) is 6.18 Å². The van der Waals surface area contributed by atoms with Crippen molar-refractivity contribution in [3.8, 4) is 0 Å². The molecule has 26 heavy (non-hydrogen) atoms. The van der Waals surface area contributed by atoms with Crippen molar-refractivity contribution in [1.82, 2.24) is 0 Å². The number of anilines is 1. The first kappa shape index (κ1) is 19.9. The van der Waals surface area contributed by atoms with Crippen molar-refractivity contribution in [3.05, 3.63) is 63.2 Å². The monoisotopic (exact) mass is 407 g/mol. The van der Waals surface area contributed by atoms with Gasteiger partial charge in [0.05, 0.1) is 0 Å². The van der Waals surface area contributed by atoms with E-state index >= 15 is 0 Å². The molecule has 0 saturated heterocycles. The Morgan fingerprint density at radius 2 is 1.27 bits per heavy atom. The van der Waals surface area contributed by atoms with Gasteiger partial charge in [0.2, 0.25) is 0 Å². The third kappa shape index (κ3) is 3.43. The zero-order chi connectivity index (χ0) is 20.0. The van der Waals surface area contributed by atoms with Crippen molar-refractivity contribution in [2.45, 2.75) is 6.18 Å². The molecule has 2 aromatic carbocycles. The highest BCUT2D eigenvalue weighted by atomic mass is 35.5. The quantitative estimate of drug-likeness (QED) is 0.521. The van der Waals surface area contributed by atoms with Gasteiger partial charge in [0.15, 0.2) is 23.3 Å². The topological polar surface area (TPSA) is 29.1 Å². The van der Waals surface area contributed by atoms with Gasteiger partial charge in [-0.15, -0.1) is 0 Å². The molecule has 2 aromatic rings. The molecule has 0 bridgehead atoms. The molecule has 0 aliphatic rings. The second kappa shape index (κ2) is 6.71. The number of carbonyl (C=O) groups is 1. The fourth-order valence-corrected chi connectivity index (χ4v) is 2.12. The molecule has 0 aliphatic heterocycles. The van der Waals surface area contributed by atoms with Gasteiger partial charge < -0.3 is 5.32 Å². The second-order valence-corrected chi connectivity index (χ2v) is 5.14. The van der Waals surface area contributed by atoms with Crippen molar-refractivity contribution in [2.75, 3.05) is 5.32 Å². The summed E-state index contributed by atoms with van der Waals surface area (Å²) in [6.07, 6.45) is -5.78. The number of benzene rings is 2. The number of nitrogens with one attached hydrogen (secondary N) is 1. The summed E-state index contributed by atoms with van der Waals surface area (Å²) in [5, 5.41) is 0.611. The number of hydrogen-bond donors (Lipinski definition) is 1. The van der Waals surface area contributed by atoms with Gasteiger partial charge >= 0.3 is 6.18 Å². The molecule has 12 heteroatoms. The molecule has 0 heterocycles. The van der Waals surface area contributed by atoms with E-state index in [9.17, 15) is 44.3 Å². The summed E-state index contributed by atoms with van der Waals surface area (Å²) in [5.41, 5.74) is -6.30. The molecule has 0 unspecified atom stereocenters. The number of rotatable bonds is 2. The van der Waals surface area contributed by atoms with Crippen LogP contribution in [0, 0.1) is 34.9 Å². The van der Waals surface area contributed by atoms with Gasteiger partial charge in [-0.05, 0) is 12.1 Å². The van der Waals surface area contributed by atoms with Gasteiger partial charge in [-0.25, -0.2) is 26.3 Å². The van der Waals surface area contributed by atoms with Crippen LogP contribution in [0.5, 0.6) is 0 Å². The summed E-state index contributed by atoms with van der Waals surface area (Å²) in [5.74, 6) is -16.0. The van der Waals surface area contributed by atoms with E-state index in [1.807, 2.05) is 0 Å². The SMILES string of the molecule is O=C(Nc1c(F)c(F)c(C(F)(F)F)c(F)c1F)c1c(F)cc(Cl)cc1F. The Bertz CT molecular complexity index is 858. The predicted molar refractivity (Wildman–Crippen MR) is 70.6 cm³/mol. The first-order valence-electron chi connectivity index (χ1n) is 6.25. The Labute approximate surface area is 143 Å². The molecule has 0 spiro atoms. The van der Waals surface area contributed by atoms with Gasteiger partial charge in [0.1, 0.15) is 28.4 Å². The lowest BCUT2D eigenvalue weighted by Gasteiger charge is -2.15. The minimum absolute atomic E-state index is 0.445. The van der Waals surface area contributed by atoms with Crippen molar-refractivity contribution in [1.29, 1.82) is 0 Å². The van der Waals surface area contributed by atoms with Crippen molar-refractivity contribution in [2.24, 2.45) is 0 Å². The molecule has 2 nitrogen and oxygen atoms in total. The molecule has 0 radical (unpaired) electrons. The van der Waals surface area contributed by atoms with Crippen LogP contribution in [-0.4, -0.2) is 5.91 Å². The molecule has 0 aliphatic carbocycles. The van der Waals surface area contributed by atoms with Crippen LogP contribution in [0.2, 0.25) is 5.02 Å². The first-order valence-corrected chi connectivity index (χ1v) is 6.63. The summed E-state index contributed by atoms with van der Waals surface area (Å²) in [4.78, 5) is 11.7. The summed E-state index contributed by atoms with van der Waals surface area (Å²) < 4.78 is 119. The molecule has 1 N–H and O–H groups in total. The minimum atomic E-state index is -5.78. The number of carbonyl (C=O) groups excluding carboxylic acids is 1. The molecule has 2 rings (SSSR count). The molecule has 0 aromatic heterocycles. The van der Waals surface area contributed by atoms with Crippen LogP contribution >= 0.6 is 11.6 Å². The lowest BCUT2D eigenvalue weighted by Crippen LogP contribution is -2.21. The van der Waals surface area contributed by atoms with E-state index in [2.05, 4.69) is 0 Å². The van der Waals surface area contributed by atoms with E-state index in [-0.39, 0.29) is 0 Å². The van der Waals surface area contributed by atoms with Gasteiger partial charge in [0, 0.05) is 5.02 Å². The van der Waals surface area contributed by atoms with E-state index in [0.29, 0.717) is 12.1 Å². The van der Waals surface area contributed by atoms with Gasteiger partial charge in [-0.2, -0.15) is 13.2 Å². The zero-order valence-electron chi connectivity index (χ0n) is 11.8. The van der Waals surface area contributed by atoms with Crippen molar-refractivity contribution >= 4 is 23.2 Å². The summed E-state index contributed by atoms with van der Waals surface area (Å²) in [7, 11) is 0. The average Bonchev–Trinajstić information content (AvgIpc) is 2.47. The van der Waals surface area contributed by atoms with Crippen molar-refractivity contribution < 1.29 is 44.3 Å². The number of amides is 1. The smallest absolute Gasteiger partial charge is 0.317 e. The third-order valence-corrected chi connectivity index (χ3v) is 3.24. The van der Waals surface area contributed by atoms with Crippen LogP contribution in [0.25, 0.3) is 0 Å². The standard InChI is InChI=1S/C14H3ClF9NO/c15-3-1-4(16)6(5(17)2-3)13(26)25-12-10(20)8(18)7(14(22,23)24)9(19)11(12)21/h1-2H,(H,25,26). The Balaban J connectivity index is 2.57. The Morgan fingerprint density at radius 3 is 1.65 bits per heavy atom. The van der Waals surface area contributed by atoms with E-state index < -0.39 is 68.8 Å². The highest BCUT2D eigenvalue weighted by molar-refractivity contribution is 6.30. The maximum Gasteiger partial charge on any atom is 0.422 e. The highest BCUT2D eigenvalue weighted by Gasteiger charge is 2.42. The third-order valence-electron chi connectivity index (χ3n) is 3.02. The van der Waals surface area contributed by atoms with E-state index in [0.717, 1.165) is 5.32 Å².